The largest absolute Gasteiger partial charge is 2.00 e. The molecule has 0 spiro atoms. The molecule has 0 aromatic heterocycles. The van der Waals surface area contributed by atoms with E-state index in [-0.39, 0.29) is 38.8 Å². The van der Waals surface area contributed by atoms with E-state index in [1.165, 1.54) is 74.3 Å². The first-order valence-electron chi connectivity index (χ1n) is 14.0. The van der Waals surface area contributed by atoms with Gasteiger partial charge in [-0.3, -0.25) is 0 Å². The number of hydrogen-bond donors (Lipinski definition) is 1. The minimum Gasteiger partial charge on any atom is -0.872 e. The van der Waals surface area contributed by atoms with E-state index in [0.717, 1.165) is 19.4 Å². The normalized spacial score (nSPS) is 11.5. The molecular weight excluding hydrogens is 521 g/mol. The summed E-state index contributed by atoms with van der Waals surface area (Å²) in [5, 5.41) is 25.2. The number of nitrogens with two attached hydrogens (primary N) is 1. The monoisotopic (exact) mass is 571 g/mol. The van der Waals surface area contributed by atoms with Crippen LogP contribution >= 0.6 is 11.8 Å². The summed E-state index contributed by atoms with van der Waals surface area (Å²) in [4.78, 5) is 1.30. The fourth-order valence-corrected chi connectivity index (χ4v) is 5.21. The summed E-state index contributed by atoms with van der Waals surface area (Å²) in [6.45, 7) is 16.4. The fraction of sp³-hybridized carbons (Fsp3) is 0.625. The average Bonchev–Trinajstić information content (AvgIpc) is 2.82. The van der Waals surface area contributed by atoms with Crippen molar-refractivity contribution in [2.24, 2.45) is 5.73 Å². The minimum atomic E-state index is -0.00915. The number of hydrogen-bond acceptors (Lipinski definition) is 4. The maximum absolute atomic E-state index is 12.6. The molecule has 212 valence electrons. The van der Waals surface area contributed by atoms with Crippen LogP contribution < -0.4 is 15.9 Å². The third-order valence-electron chi connectivity index (χ3n) is 7.04. The Balaban J connectivity index is 0.00000196. The van der Waals surface area contributed by atoms with Crippen molar-refractivity contribution in [3.05, 3.63) is 47.5 Å². The third kappa shape index (κ3) is 12.5. The fourth-order valence-electron chi connectivity index (χ4n) is 4.26. The van der Waals surface area contributed by atoms with Gasteiger partial charge in [-0.15, -0.1) is 0 Å². The molecule has 0 fully saturated rings. The summed E-state index contributed by atoms with van der Waals surface area (Å²) in [5.41, 5.74) is 7.52. The van der Waals surface area contributed by atoms with Gasteiger partial charge in [0.05, 0.1) is 0 Å². The first kappa shape index (κ1) is 35.8. The molecule has 2 rings (SSSR count). The minimum absolute atomic E-state index is 0. The topological polar surface area (TPSA) is 72.1 Å². The van der Waals surface area contributed by atoms with Gasteiger partial charge in [0.1, 0.15) is 0 Å². The molecule has 2 N–H and O–H groups in total. The first-order valence-corrected chi connectivity index (χ1v) is 14.8. The Morgan fingerprint density at radius 1 is 0.649 bits per heavy atom. The predicted molar refractivity (Wildman–Crippen MR) is 154 cm³/mol. The van der Waals surface area contributed by atoms with Crippen molar-refractivity contribution in [1.82, 2.24) is 0 Å². The van der Waals surface area contributed by atoms with E-state index in [1.54, 1.807) is 12.1 Å². The summed E-state index contributed by atoms with van der Waals surface area (Å²) >= 11 is 1.33. The van der Waals surface area contributed by atoms with Crippen LogP contribution in [0.4, 0.5) is 0 Å². The van der Waals surface area contributed by atoms with Gasteiger partial charge in [-0.2, -0.15) is 0 Å². The SMILES string of the molecule is CCCCCC(C)(C)c1ccc([O-])c(Sc2cc(C(C)(C)CCCCC)ccc2[O-])c1.CCCCN.[Ni+2]. The van der Waals surface area contributed by atoms with Crippen molar-refractivity contribution < 1.29 is 26.7 Å². The molecule has 2 aromatic rings. The summed E-state index contributed by atoms with van der Waals surface area (Å²) in [6.07, 6.45) is 11.8. The molecule has 3 nitrogen and oxygen atoms in total. The molecule has 0 atom stereocenters. The van der Waals surface area contributed by atoms with E-state index in [0.29, 0.717) is 9.79 Å². The van der Waals surface area contributed by atoms with Crippen LogP contribution in [0.1, 0.15) is 124 Å². The average molecular weight is 573 g/mol. The molecule has 5 heteroatoms. The zero-order valence-corrected chi connectivity index (χ0v) is 26.2. The van der Waals surface area contributed by atoms with E-state index in [1.807, 2.05) is 24.3 Å². The predicted octanol–water partition coefficient (Wildman–Crippen LogP) is 8.44. The van der Waals surface area contributed by atoms with Crippen molar-refractivity contribution in [2.45, 2.75) is 133 Å². The second-order valence-corrected chi connectivity index (χ2v) is 12.3. The molecule has 37 heavy (non-hydrogen) atoms. The van der Waals surface area contributed by atoms with Crippen molar-refractivity contribution in [1.29, 1.82) is 0 Å². The first-order chi connectivity index (χ1) is 17.0. The van der Waals surface area contributed by atoms with Crippen LogP contribution in [-0.2, 0) is 27.3 Å². The van der Waals surface area contributed by atoms with Crippen LogP contribution in [0.25, 0.3) is 0 Å². The van der Waals surface area contributed by atoms with Crippen LogP contribution in [0.2, 0.25) is 0 Å². The molecule has 0 saturated carbocycles. The maximum atomic E-state index is 12.6. The van der Waals surface area contributed by atoms with Gasteiger partial charge >= 0.3 is 16.5 Å². The summed E-state index contributed by atoms with van der Waals surface area (Å²) < 4.78 is 0. The third-order valence-corrected chi connectivity index (χ3v) is 8.12. The van der Waals surface area contributed by atoms with Gasteiger partial charge in [0.2, 0.25) is 0 Å². The standard InChI is InChI=1S/C28H42O2S.C4H11N.Ni/c1-7-9-11-17-27(3,4)21-13-15-23(29)25(19-21)31-26-20-22(14-16-24(26)30)28(5,6)18-12-10-8-2;1-2-3-4-5;/h13-16,19-20,29-30H,7-12,17-18H2,1-6H3;2-5H2,1H3;/q;;+2/p-2. The number of unbranched alkanes of at least 4 members (excludes halogenated alkanes) is 5. The van der Waals surface area contributed by atoms with Gasteiger partial charge < -0.3 is 15.9 Å². The quantitative estimate of drug-likeness (QED) is 0.182. The molecule has 0 aliphatic carbocycles. The van der Waals surface area contributed by atoms with Crippen molar-refractivity contribution in [3.63, 3.8) is 0 Å². The molecule has 2 aromatic carbocycles. The van der Waals surface area contributed by atoms with Gasteiger partial charge in [-0.05, 0) is 59.9 Å². The Morgan fingerprint density at radius 2 is 1.03 bits per heavy atom. The van der Waals surface area contributed by atoms with Crippen LogP contribution in [0, 0.1) is 0 Å². The molecule has 0 unspecified atom stereocenters. The molecular formula is C32H51NNiO2S. The molecule has 0 saturated heterocycles. The smallest absolute Gasteiger partial charge is 0.872 e. The molecule has 0 heterocycles. The summed E-state index contributed by atoms with van der Waals surface area (Å²) in [5.74, 6) is -0.0183. The second kappa shape index (κ2) is 18.2. The van der Waals surface area contributed by atoms with E-state index in [2.05, 4.69) is 48.5 Å². The van der Waals surface area contributed by atoms with Gasteiger partial charge in [0.15, 0.2) is 0 Å². The number of benzene rings is 2. The van der Waals surface area contributed by atoms with E-state index < -0.39 is 0 Å². The van der Waals surface area contributed by atoms with Gasteiger partial charge in [-0.1, -0.05) is 141 Å². The summed E-state index contributed by atoms with van der Waals surface area (Å²) in [6, 6.07) is 11.3. The number of rotatable bonds is 14. The Hall–Kier alpha value is -1.16. The zero-order valence-electron chi connectivity index (χ0n) is 24.4. The van der Waals surface area contributed by atoms with Gasteiger partial charge in [0, 0.05) is 9.79 Å². The Bertz CT molecular complexity index is 827. The van der Waals surface area contributed by atoms with Crippen molar-refractivity contribution in [3.8, 4) is 11.5 Å². The van der Waals surface area contributed by atoms with E-state index in [9.17, 15) is 10.2 Å². The van der Waals surface area contributed by atoms with E-state index in [4.69, 9.17) is 5.73 Å². The molecule has 0 amide bonds. The maximum Gasteiger partial charge on any atom is 2.00 e. The van der Waals surface area contributed by atoms with Crippen molar-refractivity contribution >= 4 is 11.8 Å². The Morgan fingerprint density at radius 3 is 1.32 bits per heavy atom. The van der Waals surface area contributed by atoms with Crippen LogP contribution in [-0.4, -0.2) is 6.54 Å². The summed E-state index contributed by atoms with van der Waals surface area (Å²) in [7, 11) is 0. The van der Waals surface area contributed by atoms with Crippen LogP contribution in [0.15, 0.2) is 46.2 Å². The second-order valence-electron chi connectivity index (χ2n) is 11.2. The van der Waals surface area contributed by atoms with Crippen LogP contribution in [0.5, 0.6) is 11.5 Å². The van der Waals surface area contributed by atoms with Gasteiger partial charge in [-0.25, -0.2) is 0 Å². The van der Waals surface area contributed by atoms with Crippen LogP contribution in [0.3, 0.4) is 0 Å². The molecule has 0 aliphatic rings. The molecule has 0 radical (unpaired) electrons. The zero-order chi connectivity index (χ0) is 27.2. The van der Waals surface area contributed by atoms with Crippen molar-refractivity contribution in [2.75, 3.05) is 6.54 Å². The Labute approximate surface area is 242 Å². The molecule has 0 bridgehead atoms. The molecule has 0 aliphatic heterocycles. The van der Waals surface area contributed by atoms with Gasteiger partial charge in [0.25, 0.3) is 0 Å². The Kier molecular flexibility index (Phi) is 17.6. The van der Waals surface area contributed by atoms with E-state index >= 15 is 0 Å².